The summed E-state index contributed by atoms with van der Waals surface area (Å²) in [6.07, 6.45) is 4.73. The van der Waals surface area contributed by atoms with Crippen molar-refractivity contribution in [1.82, 2.24) is 0 Å². The van der Waals surface area contributed by atoms with Gasteiger partial charge in [-0.3, -0.25) is 14.4 Å². The number of allylic oxidation sites excluding steroid dienone is 1. The number of thiophene rings is 1. The van der Waals surface area contributed by atoms with E-state index in [0.29, 0.717) is 24.8 Å². The number of furan rings is 1. The zero-order valence-electron chi connectivity index (χ0n) is 18.7. The fourth-order valence-corrected chi connectivity index (χ4v) is 6.94. The van der Waals surface area contributed by atoms with Crippen molar-refractivity contribution >= 4 is 35.0 Å². The first-order chi connectivity index (χ1) is 16.1. The van der Waals surface area contributed by atoms with Gasteiger partial charge in [0.2, 0.25) is 5.78 Å². The minimum Gasteiger partial charge on any atom is -0.481 e. The van der Waals surface area contributed by atoms with Gasteiger partial charge in [-0.25, -0.2) is 4.79 Å². The van der Waals surface area contributed by atoms with Gasteiger partial charge in [0.25, 0.3) is 0 Å². The summed E-state index contributed by atoms with van der Waals surface area (Å²) in [7, 11) is 0. The Morgan fingerprint density at radius 2 is 2.00 bits per heavy atom. The zero-order chi connectivity index (χ0) is 24.3. The van der Waals surface area contributed by atoms with Crippen molar-refractivity contribution in [3.8, 4) is 0 Å². The van der Waals surface area contributed by atoms with Crippen LogP contribution in [0.5, 0.6) is 0 Å². The number of carboxylic acid groups (broad SMARTS) is 1. The monoisotopic (exact) mass is 484 g/mol. The number of ether oxygens (including phenoxy) is 2. The Balaban J connectivity index is 1.57. The van der Waals surface area contributed by atoms with Crippen molar-refractivity contribution in [1.29, 1.82) is 0 Å². The highest BCUT2D eigenvalue weighted by molar-refractivity contribution is 7.08. The quantitative estimate of drug-likeness (QED) is 0.635. The Bertz CT molecular complexity index is 1180. The van der Waals surface area contributed by atoms with Crippen LogP contribution in [-0.2, 0) is 23.9 Å². The maximum Gasteiger partial charge on any atom is 0.344 e. The summed E-state index contributed by atoms with van der Waals surface area (Å²) in [6, 6.07) is 3.28. The van der Waals surface area contributed by atoms with Crippen molar-refractivity contribution in [2.24, 2.45) is 28.6 Å². The summed E-state index contributed by atoms with van der Waals surface area (Å²) in [4.78, 5) is 51.9. The number of esters is 2. The molecule has 2 aliphatic carbocycles. The summed E-state index contributed by atoms with van der Waals surface area (Å²) >= 11 is 1.31. The lowest BCUT2D eigenvalue weighted by molar-refractivity contribution is -0.197. The summed E-state index contributed by atoms with van der Waals surface area (Å²) in [5.74, 6) is -5.42. The molecule has 0 bridgehead atoms. The van der Waals surface area contributed by atoms with E-state index in [2.05, 4.69) is 0 Å². The first kappa shape index (κ1) is 22.6. The Morgan fingerprint density at radius 1 is 1.21 bits per heavy atom. The normalized spacial score (nSPS) is 34.9. The van der Waals surface area contributed by atoms with Gasteiger partial charge in [-0.15, -0.1) is 0 Å². The van der Waals surface area contributed by atoms with Gasteiger partial charge in [-0.05, 0) is 53.7 Å². The minimum atomic E-state index is -1.10. The largest absolute Gasteiger partial charge is 0.481 e. The SMILES string of the molecule is CC12CCC3C(=O)OC(c4ccoc4)CC3(C)C1C(=O)C(OC(=O)c1ccsc1)=CC2C(=O)O. The summed E-state index contributed by atoms with van der Waals surface area (Å²) < 4.78 is 16.3. The van der Waals surface area contributed by atoms with E-state index >= 15 is 0 Å². The molecule has 178 valence electrons. The average molecular weight is 485 g/mol. The maximum absolute atomic E-state index is 13.9. The molecule has 1 N–H and O–H groups in total. The van der Waals surface area contributed by atoms with Crippen molar-refractivity contribution in [2.45, 2.75) is 39.2 Å². The van der Waals surface area contributed by atoms with Gasteiger partial charge in [0.05, 0.1) is 29.9 Å². The van der Waals surface area contributed by atoms with Crippen molar-refractivity contribution < 1.29 is 38.2 Å². The van der Waals surface area contributed by atoms with Crippen LogP contribution in [0.3, 0.4) is 0 Å². The van der Waals surface area contributed by atoms with Crippen LogP contribution in [-0.4, -0.2) is 28.8 Å². The Hall–Kier alpha value is -3.20. The van der Waals surface area contributed by atoms with Crippen LogP contribution in [0.2, 0.25) is 0 Å². The van der Waals surface area contributed by atoms with Crippen molar-refractivity contribution in [3.05, 3.63) is 58.4 Å². The van der Waals surface area contributed by atoms with Crippen molar-refractivity contribution in [3.63, 3.8) is 0 Å². The number of hydrogen-bond acceptors (Lipinski definition) is 8. The molecular weight excluding hydrogens is 460 g/mol. The van der Waals surface area contributed by atoms with Gasteiger partial charge in [0.15, 0.2) is 5.76 Å². The van der Waals surface area contributed by atoms with E-state index in [0.717, 1.165) is 0 Å². The molecular formula is C25H24O8S. The van der Waals surface area contributed by atoms with Crippen LogP contribution in [0.15, 0.2) is 51.7 Å². The van der Waals surface area contributed by atoms with Gasteiger partial charge in [0.1, 0.15) is 6.10 Å². The molecule has 0 radical (unpaired) electrons. The standard InChI is InChI=1S/C25H24O8S/c1-24-6-3-15-23(30)33-18(13-4-7-31-11-13)10-25(15,2)20(24)19(26)17(9-16(24)21(27)28)32-22(29)14-5-8-34-12-14/h4-5,7-9,11-12,15-16,18,20H,3,6,10H2,1-2H3,(H,27,28). The number of rotatable bonds is 4. The Labute approximate surface area is 199 Å². The maximum atomic E-state index is 13.9. The molecule has 1 saturated heterocycles. The molecule has 6 atom stereocenters. The highest BCUT2D eigenvalue weighted by atomic mass is 32.1. The minimum absolute atomic E-state index is 0.272. The third kappa shape index (κ3) is 3.33. The molecule has 2 aromatic heterocycles. The number of cyclic esters (lactones) is 1. The second-order valence-electron chi connectivity index (χ2n) is 9.83. The second kappa shape index (κ2) is 7.94. The van der Waals surface area contributed by atoms with Crippen molar-refractivity contribution in [2.75, 3.05) is 0 Å². The van der Waals surface area contributed by atoms with Gasteiger partial charge < -0.3 is 19.0 Å². The Morgan fingerprint density at radius 3 is 2.65 bits per heavy atom. The van der Waals surface area contributed by atoms with E-state index in [1.54, 1.807) is 29.8 Å². The Kier molecular flexibility index (Phi) is 5.27. The molecule has 0 aromatic carbocycles. The molecule has 8 nitrogen and oxygen atoms in total. The number of Topliss-reactive ketones (excluding diaryl/α,β-unsaturated/α-hetero) is 1. The van der Waals surface area contributed by atoms with Crippen LogP contribution < -0.4 is 0 Å². The molecule has 3 heterocycles. The smallest absolute Gasteiger partial charge is 0.344 e. The van der Waals surface area contributed by atoms with Gasteiger partial charge in [0, 0.05) is 16.9 Å². The lowest BCUT2D eigenvalue weighted by Gasteiger charge is -2.59. The molecule has 0 spiro atoms. The van der Waals surface area contributed by atoms with E-state index in [1.165, 1.54) is 29.9 Å². The molecule has 3 aliphatic rings. The van der Waals surface area contributed by atoms with Crippen LogP contribution in [0.4, 0.5) is 0 Å². The fraction of sp³-hybridized carbons (Fsp3) is 0.440. The number of carbonyl (C=O) groups excluding carboxylic acids is 3. The zero-order valence-corrected chi connectivity index (χ0v) is 19.5. The van der Waals surface area contributed by atoms with Gasteiger partial charge in [-0.2, -0.15) is 11.3 Å². The first-order valence-electron chi connectivity index (χ1n) is 11.1. The van der Waals surface area contributed by atoms with Gasteiger partial charge >= 0.3 is 17.9 Å². The molecule has 1 saturated carbocycles. The molecule has 2 fully saturated rings. The van der Waals surface area contributed by atoms with Crippen LogP contribution in [0.1, 0.15) is 55.1 Å². The van der Waals surface area contributed by atoms with E-state index in [4.69, 9.17) is 13.9 Å². The predicted molar refractivity (Wildman–Crippen MR) is 119 cm³/mol. The number of hydrogen-bond donors (Lipinski definition) is 1. The third-order valence-corrected chi connectivity index (χ3v) is 8.61. The molecule has 2 aromatic rings. The van der Waals surface area contributed by atoms with E-state index in [-0.39, 0.29) is 11.3 Å². The highest BCUT2D eigenvalue weighted by Crippen LogP contribution is 2.64. The molecule has 5 rings (SSSR count). The number of fused-ring (bicyclic) bond motifs is 3. The van der Waals surface area contributed by atoms with Crippen LogP contribution in [0.25, 0.3) is 0 Å². The van der Waals surface area contributed by atoms with Crippen LogP contribution >= 0.6 is 11.3 Å². The van der Waals surface area contributed by atoms with E-state index < -0.39 is 58.4 Å². The van der Waals surface area contributed by atoms with Gasteiger partial charge in [-0.1, -0.05) is 13.8 Å². The number of aliphatic carboxylic acids is 1. The third-order valence-electron chi connectivity index (χ3n) is 7.93. The molecule has 6 unspecified atom stereocenters. The first-order valence-corrected chi connectivity index (χ1v) is 12.1. The second-order valence-corrected chi connectivity index (χ2v) is 10.6. The predicted octanol–water partition coefficient (Wildman–Crippen LogP) is 4.39. The average Bonchev–Trinajstić information content (AvgIpc) is 3.49. The molecule has 1 aliphatic heterocycles. The number of ketones is 1. The number of carbonyl (C=O) groups is 4. The number of carboxylic acids is 1. The van der Waals surface area contributed by atoms with Crippen LogP contribution in [0, 0.1) is 28.6 Å². The van der Waals surface area contributed by atoms with E-state index in [9.17, 15) is 24.3 Å². The lowest BCUT2D eigenvalue weighted by atomic mass is 9.44. The summed E-state index contributed by atoms with van der Waals surface area (Å²) in [6.45, 7) is 3.64. The topological polar surface area (TPSA) is 120 Å². The summed E-state index contributed by atoms with van der Waals surface area (Å²) in [5.41, 5.74) is -0.889. The lowest BCUT2D eigenvalue weighted by Crippen LogP contribution is -2.61. The highest BCUT2D eigenvalue weighted by Gasteiger charge is 2.66. The molecule has 9 heteroatoms. The van der Waals surface area contributed by atoms with E-state index in [1.807, 2.05) is 6.92 Å². The summed E-state index contributed by atoms with van der Waals surface area (Å²) in [5, 5.41) is 13.4. The molecule has 0 amide bonds. The molecule has 34 heavy (non-hydrogen) atoms. The fourth-order valence-electron chi connectivity index (χ4n) is 6.32.